The van der Waals surface area contributed by atoms with Gasteiger partial charge in [-0.2, -0.15) is 9.61 Å². The Balaban J connectivity index is 1.76. The average molecular weight is 403 g/mol. The van der Waals surface area contributed by atoms with E-state index >= 15 is 0 Å². The van der Waals surface area contributed by atoms with Gasteiger partial charge in [-0.25, -0.2) is 9.38 Å². The Morgan fingerprint density at radius 3 is 3.00 bits per heavy atom. The van der Waals surface area contributed by atoms with Gasteiger partial charge in [0.15, 0.2) is 10.8 Å². The van der Waals surface area contributed by atoms with E-state index in [-0.39, 0.29) is 5.60 Å². The molecule has 0 N–H and O–H groups in total. The van der Waals surface area contributed by atoms with E-state index in [2.05, 4.69) is 52.4 Å². The lowest BCUT2D eigenvalue weighted by molar-refractivity contribution is -0.0379. The number of nitrogens with zero attached hydrogens (tertiary/aromatic N) is 6. The van der Waals surface area contributed by atoms with Crippen molar-refractivity contribution in [3.8, 4) is 0 Å². The van der Waals surface area contributed by atoms with Crippen molar-refractivity contribution >= 4 is 44.7 Å². The fourth-order valence-electron chi connectivity index (χ4n) is 3.54. The topological polar surface area (TPSA) is 69.6 Å². The smallest absolute Gasteiger partial charge is 0.260 e. The van der Waals surface area contributed by atoms with E-state index in [4.69, 9.17) is 4.74 Å². The molecule has 0 fully saturated rings. The van der Waals surface area contributed by atoms with Crippen LogP contribution in [0.2, 0.25) is 0 Å². The molecule has 0 radical (unpaired) electrons. The van der Waals surface area contributed by atoms with Crippen LogP contribution in [-0.2, 0) is 17.8 Å². The molecular formula is C18H22N6OS2. The van der Waals surface area contributed by atoms with Gasteiger partial charge in [0, 0.05) is 17.1 Å². The van der Waals surface area contributed by atoms with Crippen molar-refractivity contribution in [2.75, 3.05) is 5.75 Å². The molecule has 0 unspecified atom stereocenters. The van der Waals surface area contributed by atoms with Crippen molar-refractivity contribution in [1.82, 2.24) is 29.2 Å². The number of ether oxygens (including phenoxy) is 1. The molecule has 4 aromatic rings. The lowest BCUT2D eigenvalue weighted by atomic mass is 9.94. The summed E-state index contributed by atoms with van der Waals surface area (Å²) < 4.78 is 10.0. The van der Waals surface area contributed by atoms with Crippen LogP contribution in [0.25, 0.3) is 21.6 Å². The molecule has 27 heavy (non-hydrogen) atoms. The third-order valence-electron chi connectivity index (χ3n) is 4.98. The molecule has 0 atom stereocenters. The number of thiophene rings is 1. The highest BCUT2D eigenvalue weighted by atomic mass is 32.2. The van der Waals surface area contributed by atoms with Crippen molar-refractivity contribution in [3.63, 3.8) is 0 Å². The van der Waals surface area contributed by atoms with Crippen LogP contribution in [0.15, 0.2) is 11.5 Å². The molecule has 0 spiro atoms. The van der Waals surface area contributed by atoms with Crippen molar-refractivity contribution in [2.45, 2.75) is 57.9 Å². The summed E-state index contributed by atoms with van der Waals surface area (Å²) >= 11 is 3.53. The molecule has 1 aliphatic heterocycles. The van der Waals surface area contributed by atoms with E-state index in [1.54, 1.807) is 29.4 Å². The average Bonchev–Trinajstić information content (AvgIpc) is 3.29. The highest BCUT2D eigenvalue weighted by Gasteiger charge is 2.32. The molecule has 0 bridgehead atoms. The highest BCUT2D eigenvalue weighted by molar-refractivity contribution is 7.99. The summed E-state index contributed by atoms with van der Waals surface area (Å²) in [6, 6.07) is 0. The van der Waals surface area contributed by atoms with Gasteiger partial charge >= 0.3 is 0 Å². The maximum atomic E-state index is 6.05. The van der Waals surface area contributed by atoms with E-state index in [0.29, 0.717) is 12.5 Å². The van der Waals surface area contributed by atoms with Crippen LogP contribution in [0, 0.1) is 5.92 Å². The van der Waals surface area contributed by atoms with Gasteiger partial charge in [-0.05, 0) is 31.7 Å². The standard InChI is InChI=1S/C18H22N6OS2/c1-10(2)5-6-26-17-22-21-16-23(17)15-13(14-19-9-20-24(14)16)11-7-18(3,4)25-8-12(11)27-15/h9-10H,5-8H2,1-4H3. The van der Waals surface area contributed by atoms with Crippen molar-refractivity contribution in [3.05, 3.63) is 16.8 Å². The zero-order valence-electron chi connectivity index (χ0n) is 15.9. The number of fused-ring (bicyclic) bond motifs is 8. The fraction of sp³-hybridized carbons (Fsp3) is 0.556. The van der Waals surface area contributed by atoms with Gasteiger partial charge in [-0.3, -0.25) is 0 Å². The lowest BCUT2D eigenvalue weighted by Crippen LogP contribution is -2.31. The Labute approximate surface area is 165 Å². The number of aromatic nitrogens is 6. The van der Waals surface area contributed by atoms with Crippen LogP contribution < -0.4 is 0 Å². The highest BCUT2D eigenvalue weighted by Crippen LogP contribution is 2.41. The monoisotopic (exact) mass is 402 g/mol. The van der Waals surface area contributed by atoms with Gasteiger partial charge in [-0.1, -0.05) is 25.6 Å². The molecule has 0 saturated heterocycles. The van der Waals surface area contributed by atoms with E-state index in [0.717, 1.165) is 40.0 Å². The molecule has 0 amide bonds. The van der Waals surface area contributed by atoms with Gasteiger partial charge in [0.2, 0.25) is 0 Å². The Morgan fingerprint density at radius 2 is 2.19 bits per heavy atom. The summed E-state index contributed by atoms with van der Waals surface area (Å²) in [6.07, 6.45) is 3.62. The van der Waals surface area contributed by atoms with E-state index in [1.807, 2.05) is 4.52 Å². The van der Waals surface area contributed by atoms with Crippen LogP contribution in [-0.4, -0.2) is 40.6 Å². The van der Waals surface area contributed by atoms with E-state index in [1.165, 1.54) is 15.8 Å². The largest absolute Gasteiger partial charge is 0.370 e. The first-order valence-corrected chi connectivity index (χ1v) is 11.0. The first-order chi connectivity index (χ1) is 12.9. The summed E-state index contributed by atoms with van der Waals surface area (Å²) in [4.78, 5) is 6.97. The predicted molar refractivity (Wildman–Crippen MR) is 108 cm³/mol. The Bertz CT molecular complexity index is 1160. The Hall–Kier alpha value is -1.71. The number of rotatable bonds is 4. The van der Waals surface area contributed by atoms with Crippen LogP contribution in [0.5, 0.6) is 0 Å². The molecule has 5 rings (SSSR count). The van der Waals surface area contributed by atoms with Crippen LogP contribution in [0.3, 0.4) is 0 Å². The van der Waals surface area contributed by atoms with E-state index < -0.39 is 0 Å². The fourth-order valence-corrected chi connectivity index (χ4v) is 6.00. The Morgan fingerprint density at radius 1 is 1.33 bits per heavy atom. The number of thioether (sulfide) groups is 1. The molecule has 5 heterocycles. The molecular weight excluding hydrogens is 380 g/mol. The predicted octanol–water partition coefficient (Wildman–Crippen LogP) is 3.98. The zero-order chi connectivity index (χ0) is 18.8. The summed E-state index contributed by atoms with van der Waals surface area (Å²) in [6.45, 7) is 9.42. The van der Waals surface area contributed by atoms with E-state index in [9.17, 15) is 0 Å². The van der Waals surface area contributed by atoms with Gasteiger partial charge in [0.05, 0.1) is 17.6 Å². The Kier molecular flexibility index (Phi) is 3.96. The molecule has 4 aromatic heterocycles. The van der Waals surface area contributed by atoms with Gasteiger partial charge in [-0.15, -0.1) is 21.5 Å². The van der Waals surface area contributed by atoms with Crippen LogP contribution >= 0.6 is 23.1 Å². The summed E-state index contributed by atoms with van der Waals surface area (Å²) in [5.41, 5.74) is 2.02. The van der Waals surface area contributed by atoms with Crippen LogP contribution in [0.1, 0.15) is 44.6 Å². The minimum absolute atomic E-state index is 0.172. The maximum absolute atomic E-state index is 6.05. The first kappa shape index (κ1) is 17.4. The molecule has 1 aliphatic rings. The molecule has 7 nitrogen and oxygen atoms in total. The normalized spacial score (nSPS) is 16.8. The molecule has 142 valence electrons. The first-order valence-electron chi connectivity index (χ1n) is 9.22. The molecule has 0 aromatic carbocycles. The minimum Gasteiger partial charge on any atom is -0.370 e. The third-order valence-corrected chi connectivity index (χ3v) is 7.13. The van der Waals surface area contributed by atoms with Gasteiger partial charge < -0.3 is 4.74 Å². The number of hydrogen-bond donors (Lipinski definition) is 0. The van der Waals surface area contributed by atoms with Gasteiger partial charge in [0.1, 0.15) is 11.2 Å². The van der Waals surface area contributed by atoms with Crippen LogP contribution in [0.4, 0.5) is 0 Å². The minimum atomic E-state index is -0.172. The summed E-state index contributed by atoms with van der Waals surface area (Å²) in [5.74, 6) is 2.42. The maximum Gasteiger partial charge on any atom is 0.260 e. The molecule has 0 aliphatic carbocycles. The summed E-state index contributed by atoms with van der Waals surface area (Å²) in [7, 11) is 0. The number of hydrogen-bond acceptors (Lipinski definition) is 7. The third kappa shape index (κ3) is 2.75. The van der Waals surface area contributed by atoms with Gasteiger partial charge in [0.25, 0.3) is 5.78 Å². The second-order valence-corrected chi connectivity index (χ2v) is 10.2. The van der Waals surface area contributed by atoms with Crippen molar-refractivity contribution < 1.29 is 4.74 Å². The molecule has 9 heteroatoms. The second kappa shape index (κ2) is 6.15. The van der Waals surface area contributed by atoms with Crippen molar-refractivity contribution in [2.24, 2.45) is 5.92 Å². The van der Waals surface area contributed by atoms with Crippen molar-refractivity contribution in [1.29, 1.82) is 0 Å². The lowest BCUT2D eigenvalue weighted by Gasteiger charge is -2.30. The summed E-state index contributed by atoms with van der Waals surface area (Å²) in [5, 5.41) is 15.4. The second-order valence-electron chi connectivity index (χ2n) is 8.05. The SMILES string of the molecule is CC(C)CCSc1nnc2n3ncnc3c3c4c(sc3n12)COC(C)(C)C4. The molecule has 0 saturated carbocycles. The zero-order valence-corrected chi connectivity index (χ0v) is 17.5. The quantitative estimate of drug-likeness (QED) is 0.481.